The van der Waals surface area contributed by atoms with Crippen LogP contribution in [0.1, 0.15) is 31.7 Å². The first kappa shape index (κ1) is 13.7. The van der Waals surface area contributed by atoms with E-state index in [1.54, 1.807) is 7.11 Å². The number of piperidine rings is 1. The Kier molecular flexibility index (Phi) is 4.51. The van der Waals surface area contributed by atoms with Gasteiger partial charge in [0.15, 0.2) is 11.5 Å². The number of aromatic hydroxyl groups is 1. The fourth-order valence-electron chi connectivity index (χ4n) is 2.50. The van der Waals surface area contributed by atoms with Crippen molar-refractivity contribution in [2.24, 2.45) is 0 Å². The molecule has 0 radical (unpaired) electrons. The van der Waals surface area contributed by atoms with E-state index in [4.69, 9.17) is 4.74 Å². The Hall–Kier alpha value is -0.740. The lowest BCUT2D eigenvalue weighted by molar-refractivity contribution is 0.152. The number of rotatable bonds is 3. The van der Waals surface area contributed by atoms with Gasteiger partial charge in [0.05, 0.1) is 11.6 Å². The monoisotopic (exact) mass is 313 g/mol. The molecule has 0 amide bonds. The average Bonchev–Trinajstić information content (AvgIpc) is 2.36. The Morgan fingerprint density at radius 2 is 2.22 bits per heavy atom. The zero-order chi connectivity index (χ0) is 13.1. The third kappa shape index (κ3) is 2.98. The molecule has 18 heavy (non-hydrogen) atoms. The van der Waals surface area contributed by atoms with E-state index in [9.17, 15) is 5.11 Å². The second kappa shape index (κ2) is 5.93. The Bertz CT molecular complexity index is 423. The molecule has 0 unspecified atom stereocenters. The largest absolute Gasteiger partial charge is 0.503 e. The van der Waals surface area contributed by atoms with Gasteiger partial charge in [-0.25, -0.2) is 0 Å². The maximum Gasteiger partial charge on any atom is 0.172 e. The minimum atomic E-state index is 0.174. The molecule has 0 aromatic heterocycles. The Labute approximate surface area is 117 Å². The van der Waals surface area contributed by atoms with Gasteiger partial charge in [0.25, 0.3) is 0 Å². The van der Waals surface area contributed by atoms with Crippen LogP contribution < -0.4 is 4.74 Å². The first-order chi connectivity index (χ1) is 8.61. The SMILES string of the molecule is COc1cc(CN2CCCC[C@H]2C)cc(Br)c1O. The highest BCUT2D eigenvalue weighted by Crippen LogP contribution is 2.35. The Morgan fingerprint density at radius 3 is 2.89 bits per heavy atom. The van der Waals surface area contributed by atoms with Crippen molar-refractivity contribution < 1.29 is 9.84 Å². The van der Waals surface area contributed by atoms with Crippen molar-refractivity contribution in [3.63, 3.8) is 0 Å². The number of hydrogen-bond acceptors (Lipinski definition) is 3. The first-order valence-corrected chi connectivity index (χ1v) is 7.20. The number of likely N-dealkylation sites (tertiary alicyclic amines) is 1. The average molecular weight is 314 g/mol. The zero-order valence-electron chi connectivity index (χ0n) is 10.9. The lowest BCUT2D eigenvalue weighted by Crippen LogP contribution is -2.36. The summed E-state index contributed by atoms with van der Waals surface area (Å²) in [5, 5.41) is 9.79. The standard InChI is InChI=1S/C14H20BrNO2/c1-10-5-3-4-6-16(10)9-11-7-12(15)14(17)13(8-11)18-2/h7-8,10,17H,3-6,9H2,1-2H3/t10-/m1/s1. The molecule has 1 aliphatic heterocycles. The smallest absolute Gasteiger partial charge is 0.172 e. The summed E-state index contributed by atoms with van der Waals surface area (Å²) in [5.41, 5.74) is 1.17. The van der Waals surface area contributed by atoms with Crippen LogP contribution in [-0.2, 0) is 6.54 Å². The number of hydrogen-bond donors (Lipinski definition) is 1. The normalized spacial score (nSPS) is 20.9. The maximum atomic E-state index is 9.79. The van der Waals surface area contributed by atoms with Gasteiger partial charge in [-0.1, -0.05) is 6.42 Å². The molecular formula is C14H20BrNO2. The van der Waals surface area contributed by atoms with Crippen LogP contribution in [0.25, 0.3) is 0 Å². The fourth-order valence-corrected chi connectivity index (χ4v) is 2.99. The Morgan fingerprint density at radius 1 is 1.44 bits per heavy atom. The number of benzene rings is 1. The van der Waals surface area contributed by atoms with Crippen molar-refractivity contribution in [2.45, 2.75) is 38.8 Å². The second-order valence-electron chi connectivity index (χ2n) is 4.94. The van der Waals surface area contributed by atoms with Gasteiger partial charge < -0.3 is 9.84 Å². The lowest BCUT2D eigenvalue weighted by atomic mass is 10.0. The minimum absolute atomic E-state index is 0.174. The summed E-state index contributed by atoms with van der Waals surface area (Å²) in [6.07, 6.45) is 3.89. The number of methoxy groups -OCH3 is 1. The quantitative estimate of drug-likeness (QED) is 0.926. The van der Waals surface area contributed by atoms with Crippen molar-refractivity contribution in [3.8, 4) is 11.5 Å². The summed E-state index contributed by atoms with van der Waals surface area (Å²) in [6.45, 7) is 4.35. The molecule has 1 aliphatic rings. The molecule has 0 spiro atoms. The van der Waals surface area contributed by atoms with Crippen molar-refractivity contribution in [2.75, 3.05) is 13.7 Å². The van der Waals surface area contributed by atoms with E-state index in [2.05, 4.69) is 27.8 Å². The fraction of sp³-hybridized carbons (Fsp3) is 0.571. The van der Waals surface area contributed by atoms with E-state index in [1.165, 1.54) is 24.8 Å². The molecule has 1 atom stereocenters. The number of nitrogens with zero attached hydrogens (tertiary/aromatic N) is 1. The molecule has 1 heterocycles. The van der Waals surface area contributed by atoms with Gasteiger partial charge in [0, 0.05) is 12.6 Å². The molecule has 100 valence electrons. The number of phenols is 1. The van der Waals surface area contributed by atoms with Crippen LogP contribution in [0.5, 0.6) is 11.5 Å². The zero-order valence-corrected chi connectivity index (χ0v) is 12.5. The summed E-state index contributed by atoms with van der Waals surface area (Å²) in [7, 11) is 1.58. The Balaban J connectivity index is 2.15. The highest BCUT2D eigenvalue weighted by molar-refractivity contribution is 9.10. The molecule has 1 fully saturated rings. The summed E-state index contributed by atoms with van der Waals surface area (Å²) in [6, 6.07) is 4.53. The molecule has 1 saturated heterocycles. The van der Waals surface area contributed by atoms with Crippen molar-refractivity contribution in [1.29, 1.82) is 0 Å². The topological polar surface area (TPSA) is 32.7 Å². The van der Waals surface area contributed by atoms with Crippen molar-refractivity contribution in [3.05, 3.63) is 22.2 Å². The molecule has 4 heteroatoms. The van der Waals surface area contributed by atoms with Crippen molar-refractivity contribution >= 4 is 15.9 Å². The van der Waals surface area contributed by atoms with Gasteiger partial charge in [-0.15, -0.1) is 0 Å². The molecule has 1 N–H and O–H groups in total. The van der Waals surface area contributed by atoms with Crippen LogP contribution in [0.4, 0.5) is 0 Å². The third-order valence-corrected chi connectivity index (χ3v) is 4.24. The molecule has 0 aliphatic carbocycles. The molecule has 2 rings (SSSR count). The minimum Gasteiger partial charge on any atom is -0.503 e. The molecule has 1 aromatic rings. The summed E-state index contributed by atoms with van der Waals surface area (Å²) in [5.74, 6) is 0.706. The lowest BCUT2D eigenvalue weighted by Gasteiger charge is -2.33. The predicted octanol–water partition coefficient (Wildman–Crippen LogP) is 3.54. The maximum absolute atomic E-state index is 9.79. The second-order valence-corrected chi connectivity index (χ2v) is 5.80. The van der Waals surface area contributed by atoms with E-state index in [0.29, 0.717) is 16.3 Å². The van der Waals surface area contributed by atoms with E-state index in [0.717, 1.165) is 13.1 Å². The van der Waals surface area contributed by atoms with Gasteiger partial charge in [0.1, 0.15) is 0 Å². The summed E-state index contributed by atoms with van der Waals surface area (Å²) >= 11 is 3.37. The van der Waals surface area contributed by atoms with E-state index in [-0.39, 0.29) is 5.75 Å². The van der Waals surface area contributed by atoms with E-state index < -0.39 is 0 Å². The molecule has 0 saturated carbocycles. The van der Waals surface area contributed by atoms with Crippen LogP contribution in [-0.4, -0.2) is 29.7 Å². The highest BCUT2D eigenvalue weighted by Gasteiger charge is 2.19. The van der Waals surface area contributed by atoms with Gasteiger partial charge in [0.2, 0.25) is 0 Å². The molecule has 3 nitrogen and oxygen atoms in total. The van der Waals surface area contributed by atoms with Crippen LogP contribution in [0.3, 0.4) is 0 Å². The number of halogens is 1. The van der Waals surface area contributed by atoms with Crippen LogP contribution in [0.15, 0.2) is 16.6 Å². The van der Waals surface area contributed by atoms with Crippen LogP contribution >= 0.6 is 15.9 Å². The predicted molar refractivity (Wildman–Crippen MR) is 76.1 cm³/mol. The molecule has 0 bridgehead atoms. The van der Waals surface area contributed by atoms with Gasteiger partial charge in [-0.3, -0.25) is 4.90 Å². The van der Waals surface area contributed by atoms with Gasteiger partial charge in [-0.05, 0) is 59.9 Å². The number of ether oxygens (including phenoxy) is 1. The summed E-state index contributed by atoms with van der Waals surface area (Å²) < 4.78 is 5.88. The van der Waals surface area contributed by atoms with Crippen LogP contribution in [0, 0.1) is 0 Å². The first-order valence-electron chi connectivity index (χ1n) is 6.41. The third-order valence-electron chi connectivity index (χ3n) is 3.63. The van der Waals surface area contributed by atoms with E-state index >= 15 is 0 Å². The van der Waals surface area contributed by atoms with E-state index in [1.807, 2.05) is 12.1 Å². The van der Waals surface area contributed by atoms with Gasteiger partial charge >= 0.3 is 0 Å². The number of phenolic OH excluding ortho intramolecular Hbond substituents is 1. The molecule has 1 aromatic carbocycles. The summed E-state index contributed by atoms with van der Waals surface area (Å²) in [4.78, 5) is 2.49. The van der Waals surface area contributed by atoms with Crippen molar-refractivity contribution in [1.82, 2.24) is 4.90 Å². The van der Waals surface area contributed by atoms with Crippen LogP contribution in [0.2, 0.25) is 0 Å². The van der Waals surface area contributed by atoms with Gasteiger partial charge in [-0.2, -0.15) is 0 Å². The molecular weight excluding hydrogens is 294 g/mol. The highest BCUT2D eigenvalue weighted by atomic mass is 79.9.